The monoisotopic (exact) mass is 363 g/mol. The summed E-state index contributed by atoms with van der Waals surface area (Å²) in [6.07, 6.45) is 7.72. The van der Waals surface area contributed by atoms with Crippen LogP contribution in [-0.4, -0.2) is 21.9 Å². The first-order valence-corrected chi connectivity index (χ1v) is 9.65. The molecule has 2 unspecified atom stereocenters. The number of nitrogens with one attached hydrogen (secondary N) is 1. The Morgan fingerprint density at radius 2 is 1.67 bits per heavy atom. The maximum atomic E-state index is 11.1. The molecule has 142 valence electrons. The summed E-state index contributed by atoms with van der Waals surface area (Å²) >= 11 is 0. The van der Waals surface area contributed by atoms with Gasteiger partial charge in [0.05, 0.1) is 5.56 Å². The van der Waals surface area contributed by atoms with Gasteiger partial charge in [0.1, 0.15) is 5.82 Å². The average Bonchev–Trinajstić information content (AvgIpc) is 2.62. The Hall–Kier alpha value is -2.67. The summed E-state index contributed by atoms with van der Waals surface area (Å²) in [4.78, 5) is 20.0. The topological polar surface area (TPSA) is 54.9 Å². The number of carbonyl (C=O) groups is 1. The summed E-state index contributed by atoms with van der Waals surface area (Å²) in [6.45, 7) is 7.98. The highest BCUT2D eigenvalue weighted by molar-refractivity contribution is 5.73. The molecular formula is C23H29N3O. The Balaban J connectivity index is 1.94. The predicted octanol–water partition coefficient (Wildman–Crippen LogP) is 3.92. The van der Waals surface area contributed by atoms with E-state index in [1.54, 1.807) is 12.4 Å². The molecule has 0 aliphatic carbocycles. The third-order valence-electron chi connectivity index (χ3n) is 4.31. The first-order chi connectivity index (χ1) is 13.0. The van der Waals surface area contributed by atoms with Crippen molar-refractivity contribution in [3.8, 4) is 11.8 Å². The lowest BCUT2D eigenvalue weighted by Crippen LogP contribution is -2.31. The van der Waals surface area contributed by atoms with Crippen molar-refractivity contribution in [3.05, 3.63) is 59.2 Å². The number of aromatic nitrogens is 2. The maximum Gasteiger partial charge on any atom is 0.217 e. The third-order valence-corrected chi connectivity index (χ3v) is 4.31. The molecule has 1 amide bonds. The molecular weight excluding hydrogens is 334 g/mol. The van der Waals surface area contributed by atoms with Crippen LogP contribution < -0.4 is 5.32 Å². The van der Waals surface area contributed by atoms with E-state index in [2.05, 4.69) is 53.1 Å². The molecule has 0 radical (unpaired) electrons. The molecule has 27 heavy (non-hydrogen) atoms. The number of hydrogen-bond donors (Lipinski definition) is 1. The van der Waals surface area contributed by atoms with Crippen LogP contribution in [0.5, 0.6) is 0 Å². The molecule has 0 aliphatic rings. The normalized spacial score (nSPS) is 12.6. The molecule has 1 aromatic carbocycles. The lowest BCUT2D eigenvalue weighted by molar-refractivity contribution is -0.119. The van der Waals surface area contributed by atoms with Gasteiger partial charge in [-0.15, -0.1) is 0 Å². The number of carbonyl (C=O) groups excluding carboxylic acids is 1. The Morgan fingerprint density at radius 1 is 1.04 bits per heavy atom. The summed E-state index contributed by atoms with van der Waals surface area (Å²) in [6, 6.07) is 8.23. The molecule has 0 saturated heterocycles. The van der Waals surface area contributed by atoms with E-state index in [1.807, 2.05) is 19.1 Å². The SMILES string of the molecule is CCCC(C)Cc1ncc(C#Cc2ccc(CC(C)NC(C)=O)cc2)cn1. The van der Waals surface area contributed by atoms with E-state index in [0.717, 1.165) is 29.8 Å². The van der Waals surface area contributed by atoms with Crippen LogP contribution in [0.4, 0.5) is 0 Å². The minimum atomic E-state index is -0.00181. The van der Waals surface area contributed by atoms with Crippen LogP contribution >= 0.6 is 0 Å². The zero-order valence-corrected chi connectivity index (χ0v) is 16.7. The van der Waals surface area contributed by atoms with Gasteiger partial charge in [0.2, 0.25) is 5.91 Å². The Kier molecular flexibility index (Phi) is 8.00. The fraction of sp³-hybridized carbons (Fsp3) is 0.435. The van der Waals surface area contributed by atoms with E-state index in [4.69, 9.17) is 0 Å². The van der Waals surface area contributed by atoms with Crippen LogP contribution in [-0.2, 0) is 17.6 Å². The second-order valence-electron chi connectivity index (χ2n) is 7.24. The van der Waals surface area contributed by atoms with Crippen LogP contribution in [0.15, 0.2) is 36.7 Å². The van der Waals surface area contributed by atoms with Gasteiger partial charge in [-0.1, -0.05) is 50.7 Å². The summed E-state index contributed by atoms with van der Waals surface area (Å²) < 4.78 is 0. The van der Waals surface area contributed by atoms with Crippen molar-refractivity contribution < 1.29 is 4.79 Å². The fourth-order valence-electron chi connectivity index (χ4n) is 3.05. The lowest BCUT2D eigenvalue weighted by Gasteiger charge is -2.12. The van der Waals surface area contributed by atoms with Gasteiger partial charge < -0.3 is 5.32 Å². The predicted molar refractivity (Wildman–Crippen MR) is 109 cm³/mol. The summed E-state index contributed by atoms with van der Waals surface area (Å²) in [5.74, 6) is 7.77. The zero-order chi connectivity index (χ0) is 19.6. The Morgan fingerprint density at radius 3 is 2.26 bits per heavy atom. The van der Waals surface area contributed by atoms with Gasteiger partial charge in [-0.25, -0.2) is 9.97 Å². The number of hydrogen-bond acceptors (Lipinski definition) is 3. The van der Waals surface area contributed by atoms with E-state index in [-0.39, 0.29) is 11.9 Å². The van der Waals surface area contributed by atoms with Gasteiger partial charge in [0.25, 0.3) is 0 Å². The third kappa shape index (κ3) is 7.62. The number of amides is 1. The Labute approximate surface area is 162 Å². The van der Waals surface area contributed by atoms with Gasteiger partial charge in [-0.05, 0) is 37.0 Å². The largest absolute Gasteiger partial charge is 0.354 e. The molecule has 0 fully saturated rings. The molecule has 1 aromatic heterocycles. The molecule has 0 aliphatic heterocycles. The van der Waals surface area contributed by atoms with Gasteiger partial charge >= 0.3 is 0 Å². The second kappa shape index (κ2) is 10.5. The smallest absolute Gasteiger partial charge is 0.217 e. The van der Waals surface area contributed by atoms with Crippen molar-refractivity contribution in [2.75, 3.05) is 0 Å². The fourth-order valence-corrected chi connectivity index (χ4v) is 3.05. The van der Waals surface area contributed by atoms with Crippen molar-refractivity contribution in [2.45, 2.75) is 59.4 Å². The minimum Gasteiger partial charge on any atom is -0.354 e. The molecule has 2 rings (SSSR count). The number of benzene rings is 1. The first kappa shape index (κ1) is 20.6. The first-order valence-electron chi connectivity index (χ1n) is 9.65. The molecule has 0 saturated carbocycles. The number of rotatable bonds is 7. The highest BCUT2D eigenvalue weighted by atomic mass is 16.1. The highest BCUT2D eigenvalue weighted by Crippen LogP contribution is 2.10. The van der Waals surface area contributed by atoms with Gasteiger partial charge in [-0.3, -0.25) is 4.79 Å². The minimum absolute atomic E-state index is 0.00181. The van der Waals surface area contributed by atoms with Gasteiger partial charge in [0, 0.05) is 37.3 Å². The zero-order valence-electron chi connectivity index (χ0n) is 16.7. The molecule has 0 bridgehead atoms. The van der Waals surface area contributed by atoms with Crippen molar-refractivity contribution >= 4 is 5.91 Å². The average molecular weight is 364 g/mol. The van der Waals surface area contributed by atoms with E-state index < -0.39 is 0 Å². The van der Waals surface area contributed by atoms with Crippen LogP contribution in [0.3, 0.4) is 0 Å². The second-order valence-corrected chi connectivity index (χ2v) is 7.24. The maximum absolute atomic E-state index is 11.1. The van der Waals surface area contributed by atoms with Crippen molar-refractivity contribution in [1.29, 1.82) is 0 Å². The summed E-state index contributed by atoms with van der Waals surface area (Å²) in [5.41, 5.74) is 2.95. The summed E-state index contributed by atoms with van der Waals surface area (Å²) in [5, 5.41) is 2.89. The Bertz CT molecular complexity index is 785. The van der Waals surface area contributed by atoms with E-state index >= 15 is 0 Å². The van der Waals surface area contributed by atoms with Crippen molar-refractivity contribution in [3.63, 3.8) is 0 Å². The molecule has 2 atom stereocenters. The van der Waals surface area contributed by atoms with Gasteiger partial charge in [-0.2, -0.15) is 0 Å². The lowest BCUT2D eigenvalue weighted by atomic mass is 10.0. The van der Waals surface area contributed by atoms with Crippen LogP contribution in [0.25, 0.3) is 0 Å². The van der Waals surface area contributed by atoms with E-state index in [9.17, 15) is 4.79 Å². The molecule has 0 spiro atoms. The van der Waals surface area contributed by atoms with Crippen molar-refractivity contribution in [2.24, 2.45) is 5.92 Å². The highest BCUT2D eigenvalue weighted by Gasteiger charge is 2.05. The standard InChI is InChI=1S/C23H29N3O/c1-5-6-17(2)13-23-24-15-22(16-25-23)12-9-20-7-10-21(11-8-20)14-18(3)26-19(4)27/h7-8,10-11,15-18H,5-6,13-14H2,1-4H3,(H,26,27). The molecule has 4 nitrogen and oxygen atoms in total. The molecule has 1 N–H and O–H groups in total. The number of nitrogens with zero attached hydrogens (tertiary/aromatic N) is 2. The molecule has 1 heterocycles. The van der Waals surface area contributed by atoms with E-state index in [1.165, 1.54) is 25.3 Å². The van der Waals surface area contributed by atoms with Crippen LogP contribution in [0.2, 0.25) is 0 Å². The van der Waals surface area contributed by atoms with Crippen molar-refractivity contribution in [1.82, 2.24) is 15.3 Å². The van der Waals surface area contributed by atoms with Crippen LogP contribution in [0.1, 0.15) is 63.1 Å². The van der Waals surface area contributed by atoms with E-state index in [0.29, 0.717) is 5.92 Å². The molecule has 4 heteroatoms. The summed E-state index contributed by atoms with van der Waals surface area (Å²) in [7, 11) is 0. The molecule has 2 aromatic rings. The van der Waals surface area contributed by atoms with Crippen LogP contribution in [0, 0.1) is 17.8 Å². The quantitative estimate of drug-likeness (QED) is 0.759. The van der Waals surface area contributed by atoms with Gasteiger partial charge in [0.15, 0.2) is 0 Å².